The standard InChI is InChI=1S/C35H44Cl2N2O3/c1-3-4-5-6-7-11-34(40)29-10-8-9-27(22-29)24-39-20-18-26(19-21-39)25-42-31-16-17-32(33(37)23-31)35(38-41-2)28-12-14-30(36)15-13-28/h8-10,12-17,22-23,26,34,40H,3-7,11,18-21,24-25H2,1-2H3/b38-35+/t34-/m1/s1. The summed E-state index contributed by atoms with van der Waals surface area (Å²) in [6, 6.07) is 21.6. The molecule has 0 spiro atoms. The quantitative estimate of drug-likeness (QED) is 0.106. The van der Waals surface area contributed by atoms with Crippen LogP contribution in [0, 0.1) is 5.92 Å². The number of rotatable bonds is 15. The zero-order valence-electron chi connectivity index (χ0n) is 24.9. The fourth-order valence-corrected chi connectivity index (χ4v) is 5.91. The van der Waals surface area contributed by atoms with Crippen LogP contribution in [-0.4, -0.2) is 42.5 Å². The maximum atomic E-state index is 10.7. The van der Waals surface area contributed by atoms with Crippen molar-refractivity contribution in [3.63, 3.8) is 0 Å². The Morgan fingerprint density at radius 1 is 0.976 bits per heavy atom. The molecular weight excluding hydrogens is 567 g/mol. The van der Waals surface area contributed by atoms with Crippen molar-refractivity contribution in [1.29, 1.82) is 0 Å². The third kappa shape index (κ3) is 9.74. The molecular formula is C35H44Cl2N2O3. The van der Waals surface area contributed by atoms with Gasteiger partial charge in [0, 0.05) is 22.7 Å². The molecule has 0 aromatic heterocycles. The molecule has 1 heterocycles. The number of benzene rings is 3. The number of ether oxygens (including phenoxy) is 1. The molecule has 1 saturated heterocycles. The van der Waals surface area contributed by atoms with E-state index in [9.17, 15) is 5.11 Å². The van der Waals surface area contributed by atoms with Crippen molar-refractivity contribution in [2.24, 2.45) is 11.1 Å². The molecule has 1 aliphatic heterocycles. The lowest BCUT2D eigenvalue weighted by Gasteiger charge is -2.32. The van der Waals surface area contributed by atoms with E-state index in [0.29, 0.717) is 28.3 Å². The second kappa shape index (κ2) is 16.9. The van der Waals surface area contributed by atoms with Gasteiger partial charge in [0.25, 0.3) is 0 Å². The predicted octanol–water partition coefficient (Wildman–Crippen LogP) is 9.08. The van der Waals surface area contributed by atoms with E-state index in [0.717, 1.165) is 67.8 Å². The first-order valence-electron chi connectivity index (χ1n) is 15.3. The molecule has 0 radical (unpaired) electrons. The minimum Gasteiger partial charge on any atom is -0.493 e. The minimum atomic E-state index is -0.367. The number of unbranched alkanes of at least 4 members (excludes halogenated alkanes) is 4. The highest BCUT2D eigenvalue weighted by Crippen LogP contribution is 2.28. The van der Waals surface area contributed by atoms with Crippen LogP contribution in [0.3, 0.4) is 0 Å². The summed E-state index contributed by atoms with van der Waals surface area (Å²) in [6.07, 6.45) is 8.75. The van der Waals surface area contributed by atoms with Crippen LogP contribution in [0.5, 0.6) is 5.75 Å². The summed E-state index contributed by atoms with van der Waals surface area (Å²) < 4.78 is 6.17. The zero-order valence-corrected chi connectivity index (χ0v) is 26.4. The van der Waals surface area contributed by atoms with Crippen LogP contribution in [0.4, 0.5) is 0 Å². The first-order chi connectivity index (χ1) is 20.5. The van der Waals surface area contributed by atoms with Crippen LogP contribution < -0.4 is 4.74 Å². The van der Waals surface area contributed by atoms with Gasteiger partial charge < -0.3 is 14.7 Å². The Hall–Kier alpha value is -2.57. The van der Waals surface area contributed by atoms with Gasteiger partial charge in [0.05, 0.1) is 17.7 Å². The van der Waals surface area contributed by atoms with Crippen molar-refractivity contribution < 1.29 is 14.7 Å². The van der Waals surface area contributed by atoms with Crippen LogP contribution >= 0.6 is 23.2 Å². The van der Waals surface area contributed by atoms with Crippen molar-refractivity contribution in [3.8, 4) is 5.75 Å². The van der Waals surface area contributed by atoms with Crippen LogP contribution in [0.1, 0.15) is 86.6 Å². The second-order valence-corrected chi connectivity index (χ2v) is 12.1. The molecule has 7 heteroatoms. The second-order valence-electron chi connectivity index (χ2n) is 11.3. The molecule has 1 N–H and O–H groups in total. The molecule has 0 unspecified atom stereocenters. The highest BCUT2D eigenvalue weighted by molar-refractivity contribution is 6.35. The van der Waals surface area contributed by atoms with Gasteiger partial charge in [-0.15, -0.1) is 0 Å². The molecule has 0 bridgehead atoms. The van der Waals surface area contributed by atoms with Crippen LogP contribution in [0.15, 0.2) is 71.9 Å². The first-order valence-corrected chi connectivity index (χ1v) is 16.0. The van der Waals surface area contributed by atoms with Crippen molar-refractivity contribution in [1.82, 2.24) is 4.90 Å². The lowest BCUT2D eigenvalue weighted by molar-refractivity contribution is 0.136. The van der Waals surface area contributed by atoms with Gasteiger partial charge in [0.1, 0.15) is 18.6 Å². The SMILES string of the molecule is CCCCCCC[C@@H](O)c1cccc(CN2CCC(COc3ccc(/C(=N/OC)c4ccc(Cl)cc4)c(Cl)c3)CC2)c1. The van der Waals surface area contributed by atoms with E-state index in [-0.39, 0.29) is 6.10 Å². The number of likely N-dealkylation sites (tertiary alicyclic amines) is 1. The molecule has 1 aliphatic rings. The highest BCUT2D eigenvalue weighted by Gasteiger charge is 2.21. The van der Waals surface area contributed by atoms with E-state index in [1.165, 1.54) is 38.4 Å². The molecule has 1 fully saturated rings. The summed E-state index contributed by atoms with van der Waals surface area (Å²) >= 11 is 12.7. The summed E-state index contributed by atoms with van der Waals surface area (Å²) in [5.74, 6) is 1.25. The van der Waals surface area contributed by atoms with Crippen LogP contribution in [0.25, 0.3) is 0 Å². The third-order valence-electron chi connectivity index (χ3n) is 8.01. The highest BCUT2D eigenvalue weighted by atomic mass is 35.5. The number of halogens is 2. The van der Waals surface area contributed by atoms with Crippen molar-refractivity contribution in [2.45, 2.75) is 70.9 Å². The Labute approximate surface area is 261 Å². The number of piperidine rings is 1. The summed E-state index contributed by atoms with van der Waals surface area (Å²) in [7, 11) is 1.52. The topological polar surface area (TPSA) is 54.3 Å². The molecule has 5 nitrogen and oxygen atoms in total. The molecule has 4 rings (SSSR count). The van der Waals surface area contributed by atoms with Crippen molar-refractivity contribution in [3.05, 3.63) is 99.0 Å². The number of hydrogen-bond acceptors (Lipinski definition) is 5. The maximum Gasteiger partial charge on any atom is 0.120 e. The van der Waals surface area contributed by atoms with E-state index in [4.69, 9.17) is 32.8 Å². The van der Waals surface area contributed by atoms with Crippen molar-refractivity contribution in [2.75, 3.05) is 26.8 Å². The van der Waals surface area contributed by atoms with Crippen molar-refractivity contribution >= 4 is 28.9 Å². The number of aliphatic hydroxyl groups is 1. The Kier molecular flexibility index (Phi) is 13.0. The van der Waals surface area contributed by atoms with Gasteiger partial charge in [0.2, 0.25) is 0 Å². The van der Waals surface area contributed by atoms with Crippen LogP contribution in [0.2, 0.25) is 10.0 Å². The molecule has 42 heavy (non-hydrogen) atoms. The van der Waals surface area contributed by atoms with E-state index < -0.39 is 0 Å². The van der Waals surface area contributed by atoms with E-state index in [2.05, 4.69) is 41.2 Å². The van der Waals surface area contributed by atoms with E-state index >= 15 is 0 Å². The molecule has 3 aromatic carbocycles. The maximum absolute atomic E-state index is 10.7. The molecule has 226 valence electrons. The molecule has 0 amide bonds. The Bertz CT molecular complexity index is 1270. The zero-order chi connectivity index (χ0) is 29.7. The van der Waals surface area contributed by atoms with Gasteiger partial charge in [-0.05, 0) is 79.7 Å². The average molecular weight is 612 g/mol. The molecule has 0 saturated carbocycles. The van der Waals surface area contributed by atoms with Gasteiger partial charge in [0.15, 0.2) is 0 Å². The van der Waals surface area contributed by atoms with E-state index in [1.54, 1.807) is 0 Å². The Morgan fingerprint density at radius 3 is 2.45 bits per heavy atom. The smallest absolute Gasteiger partial charge is 0.120 e. The van der Waals surface area contributed by atoms with Gasteiger partial charge >= 0.3 is 0 Å². The van der Waals surface area contributed by atoms with E-state index in [1.807, 2.05) is 42.5 Å². The predicted molar refractivity (Wildman–Crippen MR) is 174 cm³/mol. The Balaban J connectivity index is 1.24. The largest absolute Gasteiger partial charge is 0.493 e. The molecule has 0 aliphatic carbocycles. The van der Waals surface area contributed by atoms with Gasteiger partial charge in [-0.1, -0.05) is 104 Å². The lowest BCUT2D eigenvalue weighted by Crippen LogP contribution is -2.35. The fraction of sp³-hybridized carbons (Fsp3) is 0.457. The molecule has 1 atom stereocenters. The summed E-state index contributed by atoms with van der Waals surface area (Å²) in [6.45, 7) is 5.89. The lowest BCUT2D eigenvalue weighted by atomic mass is 9.96. The van der Waals surface area contributed by atoms with Gasteiger partial charge in [-0.3, -0.25) is 4.90 Å². The summed E-state index contributed by atoms with van der Waals surface area (Å²) in [5, 5.41) is 16.1. The number of oxime groups is 1. The van der Waals surface area contributed by atoms with Gasteiger partial charge in [-0.25, -0.2) is 0 Å². The summed E-state index contributed by atoms with van der Waals surface area (Å²) in [4.78, 5) is 7.60. The first kappa shape index (κ1) is 32.3. The normalized spacial score (nSPS) is 15.5. The minimum absolute atomic E-state index is 0.367. The number of hydrogen-bond donors (Lipinski definition) is 1. The average Bonchev–Trinajstić information content (AvgIpc) is 3.00. The summed E-state index contributed by atoms with van der Waals surface area (Å²) in [5.41, 5.74) is 4.59. The Morgan fingerprint density at radius 2 is 1.74 bits per heavy atom. The third-order valence-corrected chi connectivity index (χ3v) is 8.58. The monoisotopic (exact) mass is 610 g/mol. The van der Waals surface area contributed by atoms with Crippen LogP contribution in [-0.2, 0) is 11.4 Å². The number of nitrogens with zero attached hydrogens (tertiary/aromatic N) is 2. The van der Waals surface area contributed by atoms with Gasteiger partial charge in [-0.2, -0.15) is 0 Å². The molecule has 3 aromatic rings. The number of aliphatic hydroxyl groups excluding tert-OH is 1. The fourth-order valence-electron chi connectivity index (χ4n) is 5.52.